The number of anilines is 1. The van der Waals surface area contributed by atoms with Gasteiger partial charge in [0.1, 0.15) is 0 Å². The minimum atomic E-state index is 0.501. The van der Waals surface area contributed by atoms with Crippen molar-refractivity contribution in [2.75, 3.05) is 5.43 Å². The van der Waals surface area contributed by atoms with E-state index >= 15 is 0 Å². The van der Waals surface area contributed by atoms with E-state index < -0.39 is 0 Å². The highest BCUT2D eigenvalue weighted by Gasteiger charge is 2.05. The first-order chi connectivity index (χ1) is 9.20. The molecule has 0 bridgehead atoms. The maximum atomic E-state index is 4.54. The molecule has 0 spiro atoms. The molecule has 0 fully saturated rings. The van der Waals surface area contributed by atoms with E-state index in [0.29, 0.717) is 5.92 Å². The van der Waals surface area contributed by atoms with Gasteiger partial charge in [-0.2, -0.15) is 5.10 Å². The maximum Gasteiger partial charge on any atom is 0.203 e. The number of benzene rings is 1. The first-order valence-electron chi connectivity index (χ1n) is 6.51. The van der Waals surface area contributed by atoms with Crippen LogP contribution in [-0.4, -0.2) is 10.7 Å². The molecule has 2 rings (SSSR count). The summed E-state index contributed by atoms with van der Waals surface area (Å²) in [7, 11) is 0. The Labute approximate surface area is 118 Å². The van der Waals surface area contributed by atoms with Crippen LogP contribution in [0.3, 0.4) is 0 Å². The molecule has 100 valence electrons. The molecule has 2 aromatic rings. The summed E-state index contributed by atoms with van der Waals surface area (Å²) in [5.41, 5.74) is 6.28. The summed E-state index contributed by atoms with van der Waals surface area (Å²) >= 11 is 1.58. The number of aromatic nitrogens is 1. The van der Waals surface area contributed by atoms with Crippen molar-refractivity contribution >= 4 is 22.2 Å². The van der Waals surface area contributed by atoms with Crippen molar-refractivity contribution in [3.8, 4) is 11.3 Å². The summed E-state index contributed by atoms with van der Waals surface area (Å²) < 4.78 is 0. The summed E-state index contributed by atoms with van der Waals surface area (Å²) in [5, 5.41) is 7.27. The number of rotatable bonds is 5. The standard InChI is InChI=1S/C15H19N3S/c1-4-11(2)12(3)17-18-15-16-14(10-19-15)13-8-6-5-7-9-13/h5-11H,4H2,1-3H3,(H,16,18)/b17-12-/t11-/m0/s1. The lowest BCUT2D eigenvalue weighted by atomic mass is 10.1. The topological polar surface area (TPSA) is 37.3 Å². The Kier molecular flexibility index (Phi) is 4.68. The number of hydrogen-bond donors (Lipinski definition) is 1. The van der Waals surface area contributed by atoms with E-state index in [0.717, 1.165) is 28.5 Å². The molecule has 3 nitrogen and oxygen atoms in total. The first kappa shape index (κ1) is 13.7. The molecule has 0 radical (unpaired) electrons. The molecule has 1 aromatic heterocycles. The van der Waals surface area contributed by atoms with Crippen LogP contribution in [0.4, 0.5) is 5.13 Å². The fourth-order valence-corrected chi connectivity index (χ4v) is 2.27. The SMILES string of the molecule is CC[C@H](C)/C(C)=N\Nc1nc(-c2ccccc2)cs1. The second-order valence-corrected chi connectivity index (χ2v) is 5.44. The van der Waals surface area contributed by atoms with E-state index in [1.807, 2.05) is 30.5 Å². The first-order valence-corrected chi connectivity index (χ1v) is 7.39. The zero-order valence-electron chi connectivity index (χ0n) is 11.6. The van der Waals surface area contributed by atoms with Crippen LogP contribution in [0.1, 0.15) is 27.2 Å². The Hall–Kier alpha value is -1.68. The third-order valence-electron chi connectivity index (χ3n) is 3.23. The smallest absolute Gasteiger partial charge is 0.203 e. The fourth-order valence-electron chi connectivity index (χ4n) is 1.61. The predicted molar refractivity (Wildman–Crippen MR) is 83.7 cm³/mol. The zero-order valence-corrected chi connectivity index (χ0v) is 12.4. The third-order valence-corrected chi connectivity index (χ3v) is 3.97. The molecule has 0 saturated heterocycles. The molecular formula is C15H19N3S. The number of thiazole rings is 1. The van der Waals surface area contributed by atoms with Crippen LogP contribution in [0.2, 0.25) is 0 Å². The lowest BCUT2D eigenvalue weighted by molar-refractivity contribution is 0.734. The monoisotopic (exact) mass is 273 g/mol. The van der Waals surface area contributed by atoms with Gasteiger partial charge >= 0.3 is 0 Å². The highest BCUT2D eigenvalue weighted by molar-refractivity contribution is 7.14. The molecule has 1 N–H and O–H groups in total. The molecule has 0 amide bonds. The zero-order chi connectivity index (χ0) is 13.7. The average molecular weight is 273 g/mol. The lowest BCUT2D eigenvalue weighted by Gasteiger charge is -2.06. The molecule has 0 unspecified atom stereocenters. The average Bonchev–Trinajstić information content (AvgIpc) is 2.93. The molecule has 1 aromatic carbocycles. The molecule has 1 heterocycles. The summed E-state index contributed by atoms with van der Waals surface area (Å²) in [6, 6.07) is 10.2. The van der Waals surface area contributed by atoms with Gasteiger partial charge in [-0.3, -0.25) is 5.43 Å². The van der Waals surface area contributed by atoms with Gasteiger partial charge in [-0.05, 0) is 19.3 Å². The third kappa shape index (κ3) is 3.64. The number of nitrogens with zero attached hydrogens (tertiary/aromatic N) is 2. The van der Waals surface area contributed by atoms with Crippen LogP contribution in [0.25, 0.3) is 11.3 Å². The minimum absolute atomic E-state index is 0.501. The van der Waals surface area contributed by atoms with Crippen molar-refractivity contribution in [1.29, 1.82) is 0 Å². The summed E-state index contributed by atoms with van der Waals surface area (Å²) in [6.07, 6.45) is 1.10. The van der Waals surface area contributed by atoms with Gasteiger partial charge in [0, 0.05) is 16.7 Å². The van der Waals surface area contributed by atoms with Gasteiger partial charge in [0.05, 0.1) is 5.69 Å². The summed E-state index contributed by atoms with van der Waals surface area (Å²) in [4.78, 5) is 4.54. The molecule has 1 atom stereocenters. The van der Waals surface area contributed by atoms with Crippen molar-refractivity contribution in [3.05, 3.63) is 35.7 Å². The van der Waals surface area contributed by atoms with Crippen molar-refractivity contribution in [2.45, 2.75) is 27.2 Å². The van der Waals surface area contributed by atoms with Crippen molar-refractivity contribution in [3.63, 3.8) is 0 Å². The van der Waals surface area contributed by atoms with Gasteiger partial charge in [-0.15, -0.1) is 11.3 Å². The van der Waals surface area contributed by atoms with Crippen molar-refractivity contribution in [1.82, 2.24) is 4.98 Å². The van der Waals surface area contributed by atoms with E-state index in [4.69, 9.17) is 0 Å². The Bertz CT molecular complexity index is 546. The normalized spacial score (nSPS) is 13.3. The van der Waals surface area contributed by atoms with Crippen LogP contribution in [0.15, 0.2) is 40.8 Å². The highest BCUT2D eigenvalue weighted by atomic mass is 32.1. The fraction of sp³-hybridized carbons (Fsp3) is 0.333. The molecule has 0 aliphatic rings. The second-order valence-electron chi connectivity index (χ2n) is 4.58. The number of hydrogen-bond acceptors (Lipinski definition) is 4. The van der Waals surface area contributed by atoms with Gasteiger partial charge in [0.15, 0.2) is 0 Å². The van der Waals surface area contributed by atoms with Crippen molar-refractivity contribution in [2.24, 2.45) is 11.0 Å². The molecule has 19 heavy (non-hydrogen) atoms. The van der Waals surface area contributed by atoms with Crippen LogP contribution < -0.4 is 5.43 Å². The Morgan fingerprint density at radius 2 is 2.11 bits per heavy atom. The number of hydrazone groups is 1. The minimum Gasteiger partial charge on any atom is -0.253 e. The largest absolute Gasteiger partial charge is 0.253 e. The molecular weight excluding hydrogens is 254 g/mol. The van der Waals surface area contributed by atoms with Gasteiger partial charge in [-0.1, -0.05) is 44.2 Å². The quantitative estimate of drug-likeness (QED) is 0.636. The van der Waals surface area contributed by atoms with E-state index in [-0.39, 0.29) is 0 Å². The van der Waals surface area contributed by atoms with Gasteiger partial charge in [0.2, 0.25) is 5.13 Å². The molecule has 0 aliphatic carbocycles. The maximum absolute atomic E-state index is 4.54. The van der Waals surface area contributed by atoms with E-state index in [1.54, 1.807) is 11.3 Å². The Morgan fingerprint density at radius 3 is 2.79 bits per heavy atom. The van der Waals surface area contributed by atoms with Gasteiger partial charge in [-0.25, -0.2) is 4.98 Å². The predicted octanol–water partition coefficient (Wildman–Crippen LogP) is 4.64. The number of nitrogens with one attached hydrogen (secondary N) is 1. The van der Waals surface area contributed by atoms with Crippen LogP contribution in [-0.2, 0) is 0 Å². The van der Waals surface area contributed by atoms with Crippen LogP contribution in [0.5, 0.6) is 0 Å². The van der Waals surface area contributed by atoms with E-state index in [1.165, 1.54) is 0 Å². The molecule has 4 heteroatoms. The van der Waals surface area contributed by atoms with Crippen LogP contribution >= 0.6 is 11.3 Å². The summed E-state index contributed by atoms with van der Waals surface area (Å²) in [5.74, 6) is 0.501. The summed E-state index contributed by atoms with van der Waals surface area (Å²) in [6.45, 7) is 6.39. The lowest BCUT2D eigenvalue weighted by Crippen LogP contribution is -2.07. The van der Waals surface area contributed by atoms with Gasteiger partial charge in [0.25, 0.3) is 0 Å². The Morgan fingerprint density at radius 1 is 1.37 bits per heavy atom. The van der Waals surface area contributed by atoms with E-state index in [2.05, 4.69) is 41.5 Å². The van der Waals surface area contributed by atoms with Crippen LogP contribution in [0, 0.1) is 5.92 Å². The van der Waals surface area contributed by atoms with E-state index in [9.17, 15) is 0 Å². The van der Waals surface area contributed by atoms with Gasteiger partial charge < -0.3 is 0 Å². The molecule has 0 saturated carbocycles. The second kappa shape index (κ2) is 6.48. The highest BCUT2D eigenvalue weighted by Crippen LogP contribution is 2.24. The van der Waals surface area contributed by atoms with Crippen molar-refractivity contribution < 1.29 is 0 Å². The molecule has 0 aliphatic heterocycles. The Balaban J connectivity index is 2.06.